The second-order valence-corrected chi connectivity index (χ2v) is 7.64. The standard InChI is InChI=1S/C20H22ClN3O3/c21-16-7-3-4-8-17(16)22-9-11-23(12-10-22)18(25)13-24-19(26)14-5-1-2-6-15(14)20(24)27/h1-4,7-8,14-15H,5-6,9-13H2/t14-,15-/m0/s1. The molecule has 0 aromatic heterocycles. The molecule has 2 saturated heterocycles. The van der Waals surface area contributed by atoms with E-state index >= 15 is 0 Å². The number of likely N-dealkylation sites (tertiary alicyclic amines) is 1. The maximum absolute atomic E-state index is 12.7. The molecule has 6 nitrogen and oxygen atoms in total. The molecule has 0 unspecified atom stereocenters. The van der Waals surface area contributed by atoms with Crippen LogP contribution < -0.4 is 4.90 Å². The Bertz CT molecular complexity index is 775. The topological polar surface area (TPSA) is 60.9 Å². The number of para-hydroxylation sites is 1. The van der Waals surface area contributed by atoms with Crippen LogP contribution in [0.15, 0.2) is 36.4 Å². The van der Waals surface area contributed by atoms with Crippen LogP contribution in [0, 0.1) is 11.8 Å². The Balaban J connectivity index is 1.36. The molecule has 0 spiro atoms. The summed E-state index contributed by atoms with van der Waals surface area (Å²) in [5.41, 5.74) is 0.965. The Morgan fingerprint density at radius 3 is 2.15 bits per heavy atom. The van der Waals surface area contributed by atoms with Crippen molar-refractivity contribution in [3.63, 3.8) is 0 Å². The van der Waals surface area contributed by atoms with Crippen LogP contribution in [0.4, 0.5) is 5.69 Å². The molecule has 1 aromatic carbocycles. The highest BCUT2D eigenvalue weighted by Gasteiger charge is 2.48. The Hall–Kier alpha value is -2.34. The number of nitrogens with zero attached hydrogens (tertiary/aromatic N) is 3. The molecule has 0 saturated carbocycles. The molecular weight excluding hydrogens is 366 g/mol. The molecule has 2 fully saturated rings. The number of anilines is 1. The van der Waals surface area contributed by atoms with Crippen molar-refractivity contribution in [1.29, 1.82) is 0 Å². The number of hydrogen-bond donors (Lipinski definition) is 0. The summed E-state index contributed by atoms with van der Waals surface area (Å²) < 4.78 is 0. The smallest absolute Gasteiger partial charge is 0.242 e. The number of hydrogen-bond acceptors (Lipinski definition) is 4. The van der Waals surface area contributed by atoms with Crippen LogP contribution in [0.5, 0.6) is 0 Å². The van der Waals surface area contributed by atoms with E-state index in [9.17, 15) is 14.4 Å². The Kier molecular flexibility index (Phi) is 4.91. The first kappa shape index (κ1) is 18.0. The van der Waals surface area contributed by atoms with Gasteiger partial charge in [-0.05, 0) is 25.0 Å². The fraction of sp³-hybridized carbons (Fsp3) is 0.450. The molecule has 27 heavy (non-hydrogen) atoms. The molecular formula is C20H22ClN3O3. The molecule has 0 bridgehead atoms. The van der Waals surface area contributed by atoms with Crippen LogP contribution in [0.1, 0.15) is 12.8 Å². The van der Waals surface area contributed by atoms with Gasteiger partial charge in [-0.2, -0.15) is 0 Å². The summed E-state index contributed by atoms with van der Waals surface area (Å²) in [6, 6.07) is 7.66. The molecule has 0 radical (unpaired) electrons. The number of amides is 3. The Morgan fingerprint density at radius 2 is 1.56 bits per heavy atom. The first-order valence-electron chi connectivity index (χ1n) is 9.33. The maximum atomic E-state index is 12.7. The molecule has 3 amide bonds. The molecule has 142 valence electrons. The van der Waals surface area contributed by atoms with Crippen molar-refractivity contribution in [3.05, 3.63) is 41.4 Å². The number of benzene rings is 1. The lowest BCUT2D eigenvalue weighted by Gasteiger charge is -2.37. The lowest BCUT2D eigenvalue weighted by molar-refractivity contribution is -0.146. The van der Waals surface area contributed by atoms with Crippen molar-refractivity contribution in [3.8, 4) is 0 Å². The van der Waals surface area contributed by atoms with Gasteiger partial charge in [-0.3, -0.25) is 19.3 Å². The van der Waals surface area contributed by atoms with E-state index in [-0.39, 0.29) is 36.1 Å². The highest BCUT2D eigenvalue weighted by molar-refractivity contribution is 6.33. The molecule has 1 aromatic rings. The lowest BCUT2D eigenvalue weighted by atomic mass is 9.85. The summed E-state index contributed by atoms with van der Waals surface area (Å²) in [6.45, 7) is 2.30. The number of piperazine rings is 1. The average molecular weight is 388 g/mol. The van der Waals surface area contributed by atoms with Crippen molar-refractivity contribution in [2.45, 2.75) is 12.8 Å². The predicted octanol–water partition coefficient (Wildman–Crippen LogP) is 1.94. The summed E-state index contributed by atoms with van der Waals surface area (Å²) in [7, 11) is 0. The maximum Gasteiger partial charge on any atom is 0.242 e. The number of rotatable bonds is 3. The quantitative estimate of drug-likeness (QED) is 0.587. The molecule has 7 heteroatoms. The van der Waals surface area contributed by atoms with Crippen molar-refractivity contribution in [2.24, 2.45) is 11.8 Å². The zero-order valence-corrected chi connectivity index (χ0v) is 15.8. The van der Waals surface area contributed by atoms with E-state index in [4.69, 9.17) is 11.6 Å². The molecule has 0 N–H and O–H groups in total. The lowest BCUT2D eigenvalue weighted by Crippen LogP contribution is -2.52. The number of carbonyl (C=O) groups is 3. The van der Waals surface area contributed by atoms with Crippen molar-refractivity contribution in [1.82, 2.24) is 9.80 Å². The zero-order chi connectivity index (χ0) is 19.0. The Morgan fingerprint density at radius 1 is 0.963 bits per heavy atom. The van der Waals surface area contributed by atoms with Crippen LogP contribution in [0.2, 0.25) is 5.02 Å². The minimum atomic E-state index is -0.285. The van der Waals surface area contributed by atoms with Gasteiger partial charge in [0.1, 0.15) is 6.54 Å². The van der Waals surface area contributed by atoms with E-state index in [0.29, 0.717) is 44.0 Å². The predicted molar refractivity (Wildman–Crippen MR) is 102 cm³/mol. The summed E-state index contributed by atoms with van der Waals surface area (Å²) in [5.74, 6) is -1.13. The fourth-order valence-corrected chi connectivity index (χ4v) is 4.42. The summed E-state index contributed by atoms with van der Waals surface area (Å²) in [4.78, 5) is 42.8. The second-order valence-electron chi connectivity index (χ2n) is 7.24. The number of imide groups is 1. The summed E-state index contributed by atoms with van der Waals surface area (Å²) in [6.07, 6.45) is 5.09. The molecule has 1 aliphatic carbocycles. The zero-order valence-electron chi connectivity index (χ0n) is 15.0. The van der Waals surface area contributed by atoms with Gasteiger partial charge < -0.3 is 9.80 Å². The van der Waals surface area contributed by atoms with Gasteiger partial charge in [-0.1, -0.05) is 35.9 Å². The van der Waals surface area contributed by atoms with Gasteiger partial charge >= 0.3 is 0 Å². The van der Waals surface area contributed by atoms with E-state index < -0.39 is 0 Å². The molecule has 3 aliphatic rings. The van der Waals surface area contributed by atoms with Gasteiger partial charge in [-0.25, -0.2) is 0 Å². The molecule has 2 atom stereocenters. The van der Waals surface area contributed by atoms with Crippen molar-refractivity contribution < 1.29 is 14.4 Å². The molecule has 4 rings (SSSR count). The summed E-state index contributed by atoms with van der Waals surface area (Å²) in [5, 5.41) is 0.696. The van der Waals surface area contributed by atoms with Crippen molar-refractivity contribution in [2.75, 3.05) is 37.6 Å². The van der Waals surface area contributed by atoms with Gasteiger partial charge in [0.25, 0.3) is 0 Å². The van der Waals surface area contributed by atoms with Crippen LogP contribution in [-0.2, 0) is 14.4 Å². The van der Waals surface area contributed by atoms with Crippen LogP contribution in [-0.4, -0.2) is 60.2 Å². The molecule has 2 aliphatic heterocycles. The minimum Gasteiger partial charge on any atom is -0.367 e. The number of allylic oxidation sites excluding steroid dienone is 2. The third kappa shape index (κ3) is 3.34. The van der Waals surface area contributed by atoms with E-state index in [1.54, 1.807) is 4.90 Å². The highest BCUT2D eigenvalue weighted by Crippen LogP contribution is 2.35. The van der Waals surface area contributed by atoms with Crippen LogP contribution >= 0.6 is 11.6 Å². The van der Waals surface area contributed by atoms with Gasteiger partial charge in [-0.15, -0.1) is 0 Å². The summed E-state index contributed by atoms with van der Waals surface area (Å²) >= 11 is 6.25. The van der Waals surface area contributed by atoms with E-state index in [2.05, 4.69) is 4.90 Å². The normalized spacial score (nSPS) is 25.1. The third-order valence-electron chi connectivity index (χ3n) is 5.72. The largest absolute Gasteiger partial charge is 0.367 e. The number of carbonyl (C=O) groups excluding carboxylic acids is 3. The first-order chi connectivity index (χ1) is 13.1. The third-order valence-corrected chi connectivity index (χ3v) is 6.04. The SMILES string of the molecule is O=C(CN1C(=O)[C@H]2CC=CC[C@@H]2C1=O)N1CCN(c2ccccc2Cl)CC1. The Labute approximate surface area is 163 Å². The van der Waals surface area contributed by atoms with Gasteiger partial charge in [0.2, 0.25) is 17.7 Å². The van der Waals surface area contributed by atoms with E-state index in [1.165, 1.54) is 4.90 Å². The average Bonchev–Trinajstić information content (AvgIpc) is 2.94. The number of fused-ring (bicyclic) bond motifs is 1. The van der Waals surface area contributed by atoms with Gasteiger partial charge in [0, 0.05) is 26.2 Å². The van der Waals surface area contributed by atoms with Crippen LogP contribution in [0.3, 0.4) is 0 Å². The van der Waals surface area contributed by atoms with Gasteiger partial charge in [0.05, 0.1) is 22.5 Å². The van der Waals surface area contributed by atoms with E-state index in [0.717, 1.165) is 5.69 Å². The molecule has 2 heterocycles. The van der Waals surface area contributed by atoms with Crippen molar-refractivity contribution >= 4 is 35.0 Å². The highest BCUT2D eigenvalue weighted by atomic mass is 35.5. The van der Waals surface area contributed by atoms with Crippen LogP contribution in [0.25, 0.3) is 0 Å². The minimum absolute atomic E-state index is 0.142. The van der Waals surface area contributed by atoms with E-state index in [1.807, 2.05) is 36.4 Å². The first-order valence-corrected chi connectivity index (χ1v) is 9.71. The number of halogens is 1. The fourth-order valence-electron chi connectivity index (χ4n) is 4.17. The van der Waals surface area contributed by atoms with Gasteiger partial charge in [0.15, 0.2) is 0 Å². The monoisotopic (exact) mass is 387 g/mol. The second kappa shape index (κ2) is 7.35.